The van der Waals surface area contributed by atoms with E-state index in [1.165, 1.54) is 0 Å². The summed E-state index contributed by atoms with van der Waals surface area (Å²) in [6, 6.07) is 0. The molecular weight excluding hydrogens is 170 g/mol. The normalized spacial score (nSPS) is 44.8. The number of rotatable bonds is 2. The van der Waals surface area contributed by atoms with Crippen molar-refractivity contribution in [3.8, 4) is 0 Å². The first-order chi connectivity index (χ1) is 5.95. The molecule has 0 heterocycles. The third-order valence-electron chi connectivity index (χ3n) is 3.73. The van der Waals surface area contributed by atoms with Crippen LogP contribution in [0.3, 0.4) is 0 Å². The molecule has 1 saturated carbocycles. The summed E-state index contributed by atoms with van der Waals surface area (Å²) in [5.74, 6) is 1.55. The van der Waals surface area contributed by atoms with Crippen LogP contribution in [0.15, 0.2) is 0 Å². The lowest BCUT2D eigenvalue weighted by atomic mass is 9.92. The van der Waals surface area contributed by atoms with E-state index >= 15 is 0 Å². The third kappa shape index (κ3) is 1.76. The maximum atomic E-state index is 10.2. The summed E-state index contributed by atoms with van der Waals surface area (Å²) in [6.45, 7) is 8.32. The van der Waals surface area contributed by atoms with Crippen molar-refractivity contribution in [1.82, 2.24) is 0 Å². The van der Waals surface area contributed by atoms with E-state index in [2.05, 4.69) is 13.8 Å². The molecule has 13 heavy (non-hydrogen) atoms. The van der Waals surface area contributed by atoms with Crippen LogP contribution in [0.2, 0.25) is 0 Å². The van der Waals surface area contributed by atoms with Crippen LogP contribution in [0.5, 0.6) is 0 Å². The minimum Gasteiger partial charge on any atom is -0.310 e. The van der Waals surface area contributed by atoms with Crippen LogP contribution in [0.25, 0.3) is 0 Å². The highest BCUT2D eigenvalue weighted by Crippen LogP contribution is 2.42. The van der Waals surface area contributed by atoms with Crippen molar-refractivity contribution in [3.63, 3.8) is 0 Å². The van der Waals surface area contributed by atoms with Crippen LogP contribution in [0.4, 0.5) is 0 Å². The lowest BCUT2D eigenvalue weighted by Crippen LogP contribution is -2.26. The fraction of sp³-hybridized carbons (Fsp3) is 1.00. The Bertz CT molecular complexity index is 193. The molecule has 0 aliphatic heterocycles. The largest absolute Gasteiger partial charge is 0.310 e. The van der Waals surface area contributed by atoms with Gasteiger partial charge in [0.25, 0.3) is 5.09 Å². The van der Waals surface area contributed by atoms with Gasteiger partial charge in [-0.2, -0.15) is 0 Å². The summed E-state index contributed by atoms with van der Waals surface area (Å²) < 4.78 is 0. The van der Waals surface area contributed by atoms with Gasteiger partial charge in [-0.25, -0.2) is 0 Å². The average molecular weight is 187 g/mol. The van der Waals surface area contributed by atoms with Crippen LogP contribution < -0.4 is 0 Å². The standard InChI is InChI=1S/C9H17NO3/c1-5-6(2)8(4)9(7(5)3)13-10(11)12/h5-9H,1-4H3. The van der Waals surface area contributed by atoms with Gasteiger partial charge in [-0.1, -0.05) is 27.7 Å². The van der Waals surface area contributed by atoms with E-state index in [1.54, 1.807) is 0 Å². The molecule has 0 aromatic carbocycles. The summed E-state index contributed by atoms with van der Waals surface area (Å²) in [7, 11) is 0. The van der Waals surface area contributed by atoms with Crippen molar-refractivity contribution >= 4 is 0 Å². The van der Waals surface area contributed by atoms with Crippen LogP contribution >= 0.6 is 0 Å². The van der Waals surface area contributed by atoms with E-state index in [0.29, 0.717) is 11.8 Å². The Morgan fingerprint density at radius 2 is 1.38 bits per heavy atom. The molecule has 0 radical (unpaired) electrons. The van der Waals surface area contributed by atoms with Crippen molar-refractivity contribution in [3.05, 3.63) is 10.1 Å². The minimum absolute atomic E-state index is 0.222. The van der Waals surface area contributed by atoms with Crippen molar-refractivity contribution in [2.24, 2.45) is 23.7 Å². The molecule has 0 aromatic rings. The molecule has 76 valence electrons. The zero-order valence-corrected chi connectivity index (χ0v) is 8.56. The highest BCUT2D eigenvalue weighted by Gasteiger charge is 2.43. The highest BCUT2D eigenvalue weighted by molar-refractivity contribution is 4.89. The Morgan fingerprint density at radius 1 is 1.00 bits per heavy atom. The average Bonchev–Trinajstić information content (AvgIpc) is 2.22. The maximum Gasteiger partial charge on any atom is 0.294 e. The van der Waals surface area contributed by atoms with Crippen LogP contribution in [0.1, 0.15) is 27.7 Å². The highest BCUT2D eigenvalue weighted by atomic mass is 17.0. The molecule has 0 aromatic heterocycles. The summed E-state index contributed by atoms with van der Waals surface area (Å²) in [5.41, 5.74) is 0. The summed E-state index contributed by atoms with van der Waals surface area (Å²) in [5, 5.41) is 9.58. The molecule has 4 unspecified atom stereocenters. The Morgan fingerprint density at radius 3 is 1.69 bits per heavy atom. The van der Waals surface area contributed by atoms with Gasteiger partial charge < -0.3 is 4.84 Å². The first kappa shape index (κ1) is 10.3. The van der Waals surface area contributed by atoms with Gasteiger partial charge in [-0.15, -0.1) is 10.1 Å². The number of hydrogen-bond acceptors (Lipinski definition) is 3. The van der Waals surface area contributed by atoms with E-state index in [1.807, 2.05) is 13.8 Å². The van der Waals surface area contributed by atoms with E-state index in [9.17, 15) is 10.1 Å². The molecule has 4 atom stereocenters. The van der Waals surface area contributed by atoms with Crippen molar-refractivity contribution in [1.29, 1.82) is 0 Å². The Kier molecular flexibility index (Phi) is 2.78. The van der Waals surface area contributed by atoms with Gasteiger partial charge in [0.1, 0.15) is 6.10 Å². The number of nitrogens with zero attached hydrogens (tertiary/aromatic N) is 1. The molecule has 0 N–H and O–H groups in total. The third-order valence-corrected chi connectivity index (χ3v) is 3.73. The van der Waals surface area contributed by atoms with Crippen LogP contribution in [0, 0.1) is 33.8 Å². The molecule has 1 fully saturated rings. The predicted octanol–water partition coefficient (Wildman–Crippen LogP) is 2.12. The Balaban J connectivity index is 2.69. The maximum absolute atomic E-state index is 10.2. The van der Waals surface area contributed by atoms with Crippen molar-refractivity contribution in [2.75, 3.05) is 0 Å². The predicted molar refractivity (Wildman–Crippen MR) is 48.5 cm³/mol. The minimum atomic E-state index is -0.664. The van der Waals surface area contributed by atoms with Gasteiger partial charge in [0.05, 0.1) is 0 Å². The molecule has 1 aliphatic carbocycles. The molecule has 1 rings (SSSR count). The van der Waals surface area contributed by atoms with E-state index in [-0.39, 0.29) is 17.9 Å². The second-order valence-electron chi connectivity index (χ2n) is 4.23. The van der Waals surface area contributed by atoms with Gasteiger partial charge >= 0.3 is 0 Å². The molecule has 1 aliphatic rings. The molecular formula is C9H17NO3. The van der Waals surface area contributed by atoms with Crippen molar-refractivity contribution in [2.45, 2.75) is 33.8 Å². The van der Waals surface area contributed by atoms with Crippen molar-refractivity contribution < 1.29 is 9.92 Å². The molecule has 4 nitrogen and oxygen atoms in total. The second-order valence-corrected chi connectivity index (χ2v) is 4.23. The fourth-order valence-corrected chi connectivity index (χ4v) is 2.33. The molecule has 0 bridgehead atoms. The zero-order valence-electron chi connectivity index (χ0n) is 8.56. The van der Waals surface area contributed by atoms with E-state index in [4.69, 9.17) is 4.84 Å². The van der Waals surface area contributed by atoms with Gasteiger partial charge in [-0.3, -0.25) is 0 Å². The Labute approximate surface area is 78.4 Å². The number of hydrogen-bond donors (Lipinski definition) is 0. The SMILES string of the molecule is CC1C(C)C(C)C(O[N+](=O)[O-])C1C. The van der Waals surface area contributed by atoms with Gasteiger partial charge in [0, 0.05) is 0 Å². The molecule has 0 spiro atoms. The first-order valence-electron chi connectivity index (χ1n) is 4.76. The Hall–Kier alpha value is -0.800. The van der Waals surface area contributed by atoms with Crippen LogP contribution in [-0.4, -0.2) is 11.2 Å². The first-order valence-corrected chi connectivity index (χ1v) is 4.76. The van der Waals surface area contributed by atoms with Gasteiger partial charge in [0.2, 0.25) is 0 Å². The summed E-state index contributed by atoms with van der Waals surface area (Å²) in [6.07, 6.45) is -0.222. The summed E-state index contributed by atoms with van der Waals surface area (Å²) in [4.78, 5) is 14.9. The molecule has 4 heteroatoms. The van der Waals surface area contributed by atoms with Gasteiger partial charge in [0.15, 0.2) is 0 Å². The second kappa shape index (κ2) is 3.52. The molecule has 0 saturated heterocycles. The summed E-state index contributed by atoms with van der Waals surface area (Å²) >= 11 is 0. The fourth-order valence-electron chi connectivity index (χ4n) is 2.33. The lowest BCUT2D eigenvalue weighted by Gasteiger charge is -2.18. The smallest absolute Gasteiger partial charge is 0.294 e. The quantitative estimate of drug-likeness (QED) is 0.491. The van der Waals surface area contributed by atoms with Crippen LogP contribution in [-0.2, 0) is 4.84 Å². The molecule has 0 amide bonds. The topological polar surface area (TPSA) is 52.4 Å². The monoisotopic (exact) mass is 187 g/mol. The van der Waals surface area contributed by atoms with E-state index < -0.39 is 5.09 Å². The van der Waals surface area contributed by atoms with E-state index in [0.717, 1.165) is 0 Å². The van der Waals surface area contributed by atoms with Gasteiger partial charge in [-0.05, 0) is 23.7 Å². The zero-order chi connectivity index (χ0) is 10.2. The lowest BCUT2D eigenvalue weighted by molar-refractivity contribution is -0.771.